The molecular formula is C66H133NO5. The molecule has 0 aliphatic carbocycles. The minimum absolute atomic E-state index is 0.377. The molecule has 0 aromatic heterocycles. The molecule has 6 nitrogen and oxygen atoms in total. The fourth-order valence-electron chi connectivity index (χ4n) is 11.1. The molecule has 0 saturated carbocycles. The van der Waals surface area contributed by atoms with Crippen LogP contribution in [0.5, 0.6) is 0 Å². The van der Waals surface area contributed by atoms with Crippen LogP contribution in [0.25, 0.3) is 0 Å². The van der Waals surface area contributed by atoms with E-state index in [9.17, 15) is 25.2 Å². The van der Waals surface area contributed by atoms with E-state index in [0.29, 0.717) is 12.8 Å². The lowest BCUT2D eigenvalue weighted by atomic mass is 9.99. The highest BCUT2D eigenvalue weighted by Gasteiger charge is 2.28. The van der Waals surface area contributed by atoms with Gasteiger partial charge in [-0.05, 0) is 12.8 Å². The van der Waals surface area contributed by atoms with Gasteiger partial charge in [0, 0.05) is 0 Å². The number of hydrogen-bond acceptors (Lipinski definition) is 5. The minimum atomic E-state index is -1.26. The van der Waals surface area contributed by atoms with Crippen molar-refractivity contribution in [2.45, 2.75) is 411 Å². The maximum Gasteiger partial charge on any atom is 0.249 e. The van der Waals surface area contributed by atoms with Gasteiger partial charge in [0.05, 0.1) is 18.8 Å². The molecule has 0 fully saturated rings. The van der Waals surface area contributed by atoms with Crippen molar-refractivity contribution in [2.75, 3.05) is 6.61 Å². The Bertz CT molecular complexity index is 1010. The van der Waals surface area contributed by atoms with Crippen LogP contribution in [-0.2, 0) is 4.79 Å². The largest absolute Gasteiger partial charge is 0.394 e. The number of unbranched alkanes of at least 4 members (excludes halogenated alkanes) is 54. The second kappa shape index (κ2) is 61.2. The van der Waals surface area contributed by atoms with Crippen molar-refractivity contribution in [2.24, 2.45) is 0 Å². The third-order valence-electron chi connectivity index (χ3n) is 16.3. The maximum atomic E-state index is 12.6. The van der Waals surface area contributed by atoms with E-state index in [2.05, 4.69) is 19.2 Å². The lowest BCUT2D eigenvalue weighted by Gasteiger charge is -2.27. The molecule has 5 N–H and O–H groups in total. The van der Waals surface area contributed by atoms with E-state index in [-0.39, 0.29) is 0 Å². The first-order valence-electron chi connectivity index (χ1n) is 33.4. The SMILES string of the molecule is CCCCCCCCCCCCCCCCCCCCCCCCCCCCCCCC(O)C(O)C(CO)NC(=O)C(O)CCCCCCCCCCCCCCCCCCCCCCCCCCCCC. The Balaban J connectivity index is 3.52. The Labute approximate surface area is 451 Å². The van der Waals surface area contributed by atoms with Crippen LogP contribution in [0.1, 0.15) is 386 Å². The van der Waals surface area contributed by atoms with Gasteiger partial charge in [0.25, 0.3) is 0 Å². The Morgan fingerprint density at radius 2 is 0.472 bits per heavy atom. The maximum absolute atomic E-state index is 12.6. The summed E-state index contributed by atoms with van der Waals surface area (Å²) in [6.45, 7) is 4.12. The van der Waals surface area contributed by atoms with Crippen molar-refractivity contribution in [3.05, 3.63) is 0 Å². The molecule has 0 rings (SSSR count). The molecule has 0 aliphatic rings. The molecule has 4 unspecified atom stereocenters. The lowest BCUT2D eigenvalue weighted by molar-refractivity contribution is -0.132. The molecule has 4 atom stereocenters. The van der Waals surface area contributed by atoms with Gasteiger partial charge < -0.3 is 25.7 Å². The standard InChI is InChI=1S/C66H133NO5/c1-3-5-7-9-11-13-15-17-19-21-23-25-27-29-31-32-34-35-37-39-41-43-45-47-49-51-53-55-57-59-63(69)65(71)62(61-68)67-66(72)64(70)60-58-56-54-52-50-48-46-44-42-40-38-36-33-30-28-26-24-22-20-18-16-14-12-10-8-6-4-2/h62-65,68-71H,3-61H2,1-2H3,(H,67,72). The summed E-state index contributed by atoms with van der Waals surface area (Å²) >= 11 is 0. The summed E-state index contributed by atoms with van der Waals surface area (Å²) < 4.78 is 0. The van der Waals surface area contributed by atoms with E-state index in [1.807, 2.05) is 0 Å². The van der Waals surface area contributed by atoms with Crippen LogP contribution in [0.2, 0.25) is 0 Å². The van der Waals surface area contributed by atoms with E-state index in [4.69, 9.17) is 0 Å². The highest BCUT2D eigenvalue weighted by Crippen LogP contribution is 2.20. The van der Waals surface area contributed by atoms with Crippen LogP contribution in [0, 0.1) is 0 Å². The number of aliphatic hydroxyl groups is 4. The molecule has 0 saturated heterocycles. The fourth-order valence-corrected chi connectivity index (χ4v) is 11.1. The molecule has 1 amide bonds. The van der Waals surface area contributed by atoms with Gasteiger partial charge in [0.15, 0.2) is 0 Å². The van der Waals surface area contributed by atoms with Crippen LogP contribution < -0.4 is 5.32 Å². The summed E-state index contributed by atoms with van der Waals surface area (Å²) in [5, 5.41) is 44.2. The van der Waals surface area contributed by atoms with E-state index in [0.717, 1.165) is 38.5 Å². The number of carbonyl (C=O) groups excluding carboxylic acids is 1. The van der Waals surface area contributed by atoms with Crippen LogP contribution >= 0.6 is 0 Å². The van der Waals surface area contributed by atoms with E-state index < -0.39 is 36.9 Å². The Hall–Kier alpha value is -0.690. The third-order valence-corrected chi connectivity index (χ3v) is 16.3. The van der Waals surface area contributed by atoms with Crippen LogP contribution in [0.3, 0.4) is 0 Å². The molecule has 72 heavy (non-hydrogen) atoms. The van der Waals surface area contributed by atoms with Crippen molar-refractivity contribution in [1.82, 2.24) is 5.32 Å². The van der Waals surface area contributed by atoms with E-state index in [1.165, 1.54) is 321 Å². The van der Waals surface area contributed by atoms with Gasteiger partial charge >= 0.3 is 0 Å². The number of hydrogen-bond donors (Lipinski definition) is 5. The first-order chi connectivity index (χ1) is 35.5. The predicted octanol–water partition coefficient (Wildman–Crippen LogP) is 20.2. The lowest BCUT2D eigenvalue weighted by Crippen LogP contribution is -2.53. The van der Waals surface area contributed by atoms with Crippen molar-refractivity contribution >= 4 is 5.91 Å². The smallest absolute Gasteiger partial charge is 0.249 e. The minimum Gasteiger partial charge on any atom is -0.394 e. The van der Waals surface area contributed by atoms with Crippen LogP contribution in [0.15, 0.2) is 0 Å². The van der Waals surface area contributed by atoms with Crippen molar-refractivity contribution in [1.29, 1.82) is 0 Å². The average Bonchev–Trinajstić information content (AvgIpc) is 3.39. The number of nitrogens with one attached hydrogen (secondary N) is 1. The third kappa shape index (κ3) is 54.1. The summed E-state index contributed by atoms with van der Waals surface area (Å²) in [7, 11) is 0. The number of amides is 1. The molecule has 0 aromatic carbocycles. The molecule has 6 heteroatoms. The second-order valence-electron chi connectivity index (χ2n) is 23.5. The highest BCUT2D eigenvalue weighted by atomic mass is 16.3. The Kier molecular flexibility index (Phi) is 60.6. The molecular weight excluding hydrogens is 887 g/mol. The average molecular weight is 1020 g/mol. The summed E-state index contributed by atoms with van der Waals surface area (Å²) in [6, 6.07) is -0.982. The summed E-state index contributed by atoms with van der Waals surface area (Å²) in [4.78, 5) is 12.6. The molecule has 0 aromatic rings. The van der Waals surface area contributed by atoms with Gasteiger partial charge in [-0.15, -0.1) is 0 Å². The van der Waals surface area contributed by atoms with Crippen molar-refractivity contribution in [3.8, 4) is 0 Å². The number of rotatable bonds is 63. The van der Waals surface area contributed by atoms with Gasteiger partial charge in [-0.3, -0.25) is 4.79 Å². The predicted molar refractivity (Wildman–Crippen MR) is 316 cm³/mol. The molecule has 0 spiro atoms. The topological polar surface area (TPSA) is 110 Å². The van der Waals surface area contributed by atoms with Crippen LogP contribution in [0.4, 0.5) is 0 Å². The second-order valence-corrected chi connectivity index (χ2v) is 23.5. The van der Waals surface area contributed by atoms with E-state index >= 15 is 0 Å². The van der Waals surface area contributed by atoms with Gasteiger partial charge in [-0.25, -0.2) is 0 Å². The molecule has 0 radical (unpaired) electrons. The molecule has 432 valence electrons. The molecule has 0 bridgehead atoms. The Morgan fingerprint density at radius 1 is 0.292 bits per heavy atom. The number of carbonyl (C=O) groups is 1. The Morgan fingerprint density at radius 3 is 0.667 bits per heavy atom. The van der Waals surface area contributed by atoms with E-state index in [1.54, 1.807) is 0 Å². The summed E-state index contributed by atoms with van der Waals surface area (Å²) in [6.07, 6.45) is 73.6. The zero-order valence-corrected chi connectivity index (χ0v) is 49.2. The first-order valence-corrected chi connectivity index (χ1v) is 33.4. The zero-order chi connectivity index (χ0) is 52.3. The number of aliphatic hydroxyl groups excluding tert-OH is 4. The summed E-state index contributed by atoms with van der Waals surface area (Å²) in [5.74, 6) is -0.573. The molecule has 0 heterocycles. The fraction of sp³-hybridized carbons (Fsp3) is 0.985. The van der Waals surface area contributed by atoms with Crippen molar-refractivity contribution in [3.63, 3.8) is 0 Å². The molecule has 0 aliphatic heterocycles. The van der Waals surface area contributed by atoms with Gasteiger partial charge in [0.2, 0.25) is 5.91 Å². The quantitative estimate of drug-likeness (QED) is 0.0390. The van der Waals surface area contributed by atoms with Gasteiger partial charge in [-0.2, -0.15) is 0 Å². The first kappa shape index (κ1) is 71.3. The monoisotopic (exact) mass is 1020 g/mol. The van der Waals surface area contributed by atoms with Crippen LogP contribution in [-0.4, -0.2) is 57.3 Å². The normalized spacial score (nSPS) is 13.5. The zero-order valence-electron chi connectivity index (χ0n) is 49.2. The van der Waals surface area contributed by atoms with Gasteiger partial charge in [-0.1, -0.05) is 373 Å². The van der Waals surface area contributed by atoms with Gasteiger partial charge in [0.1, 0.15) is 12.2 Å². The summed E-state index contributed by atoms with van der Waals surface area (Å²) in [5.41, 5.74) is 0. The highest BCUT2D eigenvalue weighted by molar-refractivity contribution is 5.80. The van der Waals surface area contributed by atoms with Crippen molar-refractivity contribution < 1.29 is 25.2 Å².